The van der Waals surface area contributed by atoms with Crippen LogP contribution in [0.2, 0.25) is 0 Å². The second-order valence-corrected chi connectivity index (χ2v) is 5.76. The van der Waals surface area contributed by atoms with E-state index < -0.39 is 0 Å². The predicted octanol–water partition coefficient (Wildman–Crippen LogP) is 1.95. The maximum Gasteiger partial charge on any atom is 0.266 e. The summed E-state index contributed by atoms with van der Waals surface area (Å²) in [5, 5.41) is 0.578. The number of amides is 1. The monoisotopic (exact) mass is 252 g/mol. The standard InChI is InChI=1S/C12H16N2O2S/c1-9(2)17-7-6-14-11(15)8-16-10-4-3-5-13-12(10)14/h3-5,9H,6-8H2,1-2H3. The molecule has 17 heavy (non-hydrogen) atoms. The van der Waals surface area contributed by atoms with Crippen LogP contribution in [0.4, 0.5) is 5.82 Å². The summed E-state index contributed by atoms with van der Waals surface area (Å²) in [6, 6.07) is 3.66. The Labute approximate surface area is 105 Å². The molecule has 2 rings (SSSR count). The third kappa shape index (κ3) is 2.91. The molecule has 1 aliphatic rings. The van der Waals surface area contributed by atoms with Gasteiger partial charge in [-0.15, -0.1) is 0 Å². The Balaban J connectivity index is 2.07. The topological polar surface area (TPSA) is 42.4 Å². The van der Waals surface area contributed by atoms with Gasteiger partial charge in [-0.25, -0.2) is 4.98 Å². The van der Waals surface area contributed by atoms with Crippen molar-refractivity contribution in [1.29, 1.82) is 0 Å². The number of carbonyl (C=O) groups excluding carboxylic acids is 1. The van der Waals surface area contributed by atoms with E-state index in [0.717, 1.165) is 5.75 Å². The van der Waals surface area contributed by atoms with Crippen LogP contribution in [0, 0.1) is 0 Å². The summed E-state index contributed by atoms with van der Waals surface area (Å²) in [7, 11) is 0. The largest absolute Gasteiger partial charge is 0.480 e. The van der Waals surface area contributed by atoms with Crippen LogP contribution in [0.15, 0.2) is 18.3 Å². The number of rotatable bonds is 4. The van der Waals surface area contributed by atoms with Crippen LogP contribution in [-0.4, -0.2) is 35.0 Å². The highest BCUT2D eigenvalue weighted by Gasteiger charge is 2.25. The first-order valence-corrected chi connectivity index (χ1v) is 6.73. The fourth-order valence-corrected chi connectivity index (χ4v) is 2.40. The zero-order valence-electron chi connectivity index (χ0n) is 10.0. The van der Waals surface area contributed by atoms with E-state index in [2.05, 4.69) is 18.8 Å². The van der Waals surface area contributed by atoms with Gasteiger partial charge in [-0.2, -0.15) is 11.8 Å². The number of nitrogens with zero attached hydrogens (tertiary/aromatic N) is 2. The molecule has 1 amide bonds. The molecule has 0 saturated heterocycles. The molecule has 4 nitrogen and oxygen atoms in total. The Morgan fingerprint density at radius 1 is 1.59 bits per heavy atom. The molecule has 2 heterocycles. The highest BCUT2D eigenvalue weighted by Crippen LogP contribution is 2.29. The molecule has 0 atom stereocenters. The number of aromatic nitrogens is 1. The Morgan fingerprint density at radius 3 is 3.18 bits per heavy atom. The van der Waals surface area contributed by atoms with Crippen molar-refractivity contribution in [3.63, 3.8) is 0 Å². The molecule has 0 unspecified atom stereocenters. The molecule has 0 spiro atoms. The minimum absolute atomic E-state index is 0.0134. The summed E-state index contributed by atoms with van der Waals surface area (Å²) in [6.45, 7) is 5.11. The number of fused-ring (bicyclic) bond motifs is 1. The van der Waals surface area contributed by atoms with E-state index in [1.54, 1.807) is 11.1 Å². The van der Waals surface area contributed by atoms with Gasteiger partial charge < -0.3 is 4.74 Å². The third-order valence-corrected chi connectivity index (χ3v) is 3.51. The number of hydrogen-bond acceptors (Lipinski definition) is 4. The summed E-state index contributed by atoms with van der Waals surface area (Å²) in [4.78, 5) is 17.7. The zero-order valence-corrected chi connectivity index (χ0v) is 10.9. The van der Waals surface area contributed by atoms with Gasteiger partial charge >= 0.3 is 0 Å². The van der Waals surface area contributed by atoms with Gasteiger partial charge in [0, 0.05) is 18.5 Å². The maximum absolute atomic E-state index is 11.8. The van der Waals surface area contributed by atoms with Gasteiger partial charge in [-0.05, 0) is 17.4 Å². The van der Waals surface area contributed by atoms with Crippen molar-refractivity contribution in [3.05, 3.63) is 18.3 Å². The molecule has 0 saturated carbocycles. The maximum atomic E-state index is 11.8. The van der Waals surface area contributed by atoms with Crippen molar-refractivity contribution in [2.75, 3.05) is 23.8 Å². The molecular weight excluding hydrogens is 236 g/mol. The van der Waals surface area contributed by atoms with Crippen LogP contribution < -0.4 is 9.64 Å². The first kappa shape index (κ1) is 12.2. The van der Waals surface area contributed by atoms with Crippen molar-refractivity contribution >= 4 is 23.5 Å². The van der Waals surface area contributed by atoms with Gasteiger partial charge in [0.05, 0.1) is 0 Å². The van der Waals surface area contributed by atoms with Crippen molar-refractivity contribution in [2.45, 2.75) is 19.1 Å². The number of thioether (sulfide) groups is 1. The minimum atomic E-state index is -0.0134. The van der Waals surface area contributed by atoms with Gasteiger partial charge in [0.2, 0.25) is 0 Å². The number of pyridine rings is 1. The van der Waals surface area contributed by atoms with E-state index in [9.17, 15) is 4.79 Å². The lowest BCUT2D eigenvalue weighted by atomic mass is 10.3. The molecule has 0 aromatic carbocycles. The number of anilines is 1. The molecule has 1 aromatic rings. The number of ether oxygens (including phenoxy) is 1. The Morgan fingerprint density at radius 2 is 2.41 bits per heavy atom. The second kappa shape index (κ2) is 5.40. The molecule has 1 aliphatic heterocycles. The summed E-state index contributed by atoms with van der Waals surface area (Å²) in [5.74, 6) is 2.25. The lowest BCUT2D eigenvalue weighted by Gasteiger charge is -2.28. The highest BCUT2D eigenvalue weighted by atomic mass is 32.2. The zero-order chi connectivity index (χ0) is 12.3. The van der Waals surface area contributed by atoms with E-state index in [1.807, 2.05) is 23.9 Å². The van der Waals surface area contributed by atoms with Crippen molar-refractivity contribution in [2.24, 2.45) is 0 Å². The van der Waals surface area contributed by atoms with Crippen LogP contribution in [-0.2, 0) is 4.79 Å². The average Bonchev–Trinajstić information content (AvgIpc) is 2.32. The molecule has 0 radical (unpaired) electrons. The Hall–Kier alpha value is -1.23. The van der Waals surface area contributed by atoms with Gasteiger partial charge in [0.15, 0.2) is 18.2 Å². The second-order valence-electron chi connectivity index (χ2n) is 4.08. The normalized spacial score (nSPS) is 14.8. The van der Waals surface area contributed by atoms with Crippen LogP contribution in [0.25, 0.3) is 0 Å². The first-order valence-electron chi connectivity index (χ1n) is 5.68. The Bertz CT molecular complexity index is 409. The predicted molar refractivity (Wildman–Crippen MR) is 69.7 cm³/mol. The van der Waals surface area contributed by atoms with E-state index in [0.29, 0.717) is 23.4 Å². The van der Waals surface area contributed by atoms with Gasteiger partial charge in [0.1, 0.15) is 0 Å². The van der Waals surface area contributed by atoms with E-state index >= 15 is 0 Å². The van der Waals surface area contributed by atoms with Gasteiger partial charge in [-0.1, -0.05) is 13.8 Å². The fraction of sp³-hybridized carbons (Fsp3) is 0.500. The quantitative estimate of drug-likeness (QED) is 0.821. The molecule has 0 N–H and O–H groups in total. The molecular formula is C12H16N2O2S. The molecule has 0 bridgehead atoms. The van der Waals surface area contributed by atoms with E-state index in [1.165, 1.54) is 0 Å². The van der Waals surface area contributed by atoms with Crippen LogP contribution in [0.1, 0.15) is 13.8 Å². The third-order valence-electron chi connectivity index (χ3n) is 2.42. The number of hydrogen-bond donors (Lipinski definition) is 0. The summed E-state index contributed by atoms with van der Waals surface area (Å²) >= 11 is 1.84. The lowest BCUT2D eigenvalue weighted by Crippen LogP contribution is -2.40. The average molecular weight is 252 g/mol. The summed E-state index contributed by atoms with van der Waals surface area (Å²) in [5.41, 5.74) is 0. The van der Waals surface area contributed by atoms with Crippen molar-refractivity contribution < 1.29 is 9.53 Å². The molecule has 92 valence electrons. The number of carbonyl (C=O) groups is 1. The summed E-state index contributed by atoms with van der Waals surface area (Å²) < 4.78 is 5.33. The van der Waals surface area contributed by atoms with E-state index in [4.69, 9.17) is 4.74 Å². The molecule has 0 fully saturated rings. The smallest absolute Gasteiger partial charge is 0.266 e. The van der Waals surface area contributed by atoms with Gasteiger partial charge in [-0.3, -0.25) is 9.69 Å². The van der Waals surface area contributed by atoms with E-state index in [-0.39, 0.29) is 12.5 Å². The highest BCUT2D eigenvalue weighted by molar-refractivity contribution is 7.99. The minimum Gasteiger partial charge on any atom is -0.480 e. The van der Waals surface area contributed by atoms with Crippen LogP contribution in [0.5, 0.6) is 5.75 Å². The molecule has 5 heteroatoms. The fourth-order valence-electron chi connectivity index (χ4n) is 1.64. The van der Waals surface area contributed by atoms with Crippen LogP contribution in [0.3, 0.4) is 0 Å². The lowest BCUT2D eigenvalue weighted by molar-refractivity contribution is -0.121. The van der Waals surface area contributed by atoms with Crippen LogP contribution >= 0.6 is 11.8 Å². The molecule has 1 aromatic heterocycles. The van der Waals surface area contributed by atoms with Gasteiger partial charge in [0.25, 0.3) is 5.91 Å². The SMILES string of the molecule is CC(C)SCCN1C(=O)COc2cccnc21. The first-order chi connectivity index (χ1) is 8.18. The molecule has 0 aliphatic carbocycles. The Kier molecular flexibility index (Phi) is 3.89. The van der Waals surface area contributed by atoms with Crippen molar-refractivity contribution in [3.8, 4) is 5.75 Å². The van der Waals surface area contributed by atoms with Crippen molar-refractivity contribution in [1.82, 2.24) is 4.98 Å². The summed E-state index contributed by atoms with van der Waals surface area (Å²) in [6.07, 6.45) is 1.68.